The maximum atomic E-state index is 12.5. The van der Waals surface area contributed by atoms with Gasteiger partial charge in [-0.2, -0.15) is 13.2 Å². The molecule has 23 heavy (non-hydrogen) atoms. The predicted molar refractivity (Wildman–Crippen MR) is 76.7 cm³/mol. The summed E-state index contributed by atoms with van der Waals surface area (Å²) in [5.41, 5.74) is -1.09. The molecule has 2 rings (SSSR count). The van der Waals surface area contributed by atoms with Crippen molar-refractivity contribution in [3.05, 3.63) is 35.4 Å². The Morgan fingerprint density at radius 3 is 2.26 bits per heavy atom. The molecule has 126 valence electrons. The summed E-state index contributed by atoms with van der Waals surface area (Å²) in [6, 6.07) is 4.80. The predicted octanol–water partition coefficient (Wildman–Crippen LogP) is 3.04. The lowest BCUT2D eigenvalue weighted by atomic mass is 9.94. The number of aliphatic carboxylic acids is 1. The number of carbonyl (C=O) groups is 2. The number of nitrogens with one attached hydrogen (secondary N) is 1. The van der Waals surface area contributed by atoms with E-state index in [9.17, 15) is 22.8 Å². The Balaban J connectivity index is 1.92. The Kier molecular flexibility index (Phi) is 4.41. The largest absolute Gasteiger partial charge is 0.481 e. The highest BCUT2D eigenvalue weighted by Gasteiger charge is 2.44. The number of hydrogen-bond donors (Lipinski definition) is 2. The van der Waals surface area contributed by atoms with E-state index in [0.29, 0.717) is 12.0 Å². The Hall–Kier alpha value is -2.05. The molecule has 2 unspecified atom stereocenters. The van der Waals surface area contributed by atoms with E-state index in [0.717, 1.165) is 12.1 Å². The van der Waals surface area contributed by atoms with Gasteiger partial charge in [0, 0.05) is 12.5 Å². The molecule has 0 spiro atoms. The van der Waals surface area contributed by atoms with Gasteiger partial charge in [-0.3, -0.25) is 9.59 Å². The van der Waals surface area contributed by atoms with Gasteiger partial charge in [0.2, 0.25) is 5.91 Å². The van der Waals surface area contributed by atoms with E-state index >= 15 is 0 Å². The first-order chi connectivity index (χ1) is 10.5. The number of carboxylic acid groups (broad SMARTS) is 1. The zero-order valence-electron chi connectivity index (χ0n) is 12.8. The molecule has 0 bridgehead atoms. The quantitative estimate of drug-likeness (QED) is 0.872. The highest BCUT2D eigenvalue weighted by atomic mass is 19.4. The van der Waals surface area contributed by atoms with E-state index in [2.05, 4.69) is 5.32 Å². The molecule has 1 aliphatic rings. The summed E-state index contributed by atoms with van der Waals surface area (Å²) >= 11 is 0. The number of halogens is 3. The van der Waals surface area contributed by atoms with Crippen LogP contribution in [0.5, 0.6) is 0 Å². The maximum absolute atomic E-state index is 12.5. The van der Waals surface area contributed by atoms with Crippen LogP contribution >= 0.6 is 0 Å². The monoisotopic (exact) mass is 329 g/mol. The summed E-state index contributed by atoms with van der Waals surface area (Å²) in [4.78, 5) is 23.0. The molecule has 0 aromatic heterocycles. The van der Waals surface area contributed by atoms with Crippen LogP contribution in [-0.4, -0.2) is 23.5 Å². The number of carboxylic acids is 1. The van der Waals surface area contributed by atoms with Gasteiger partial charge in [0.1, 0.15) is 0 Å². The van der Waals surface area contributed by atoms with Gasteiger partial charge in [0.05, 0.1) is 11.0 Å². The Morgan fingerprint density at radius 2 is 1.78 bits per heavy atom. The first-order valence-corrected chi connectivity index (χ1v) is 7.20. The molecule has 1 amide bonds. The molecule has 7 heteroatoms. The van der Waals surface area contributed by atoms with Crippen molar-refractivity contribution in [3.8, 4) is 0 Å². The summed E-state index contributed by atoms with van der Waals surface area (Å²) in [6.07, 6.45) is -3.81. The summed E-state index contributed by atoms with van der Waals surface area (Å²) in [6.45, 7) is 3.03. The second kappa shape index (κ2) is 5.86. The molecule has 0 saturated heterocycles. The van der Waals surface area contributed by atoms with Crippen molar-refractivity contribution in [2.75, 3.05) is 6.54 Å². The average molecular weight is 329 g/mol. The molecule has 0 heterocycles. The number of benzene rings is 1. The van der Waals surface area contributed by atoms with Crippen LogP contribution < -0.4 is 5.32 Å². The first-order valence-electron chi connectivity index (χ1n) is 7.20. The van der Waals surface area contributed by atoms with Gasteiger partial charge >= 0.3 is 12.1 Å². The van der Waals surface area contributed by atoms with Crippen LogP contribution in [0.4, 0.5) is 13.2 Å². The fourth-order valence-electron chi connectivity index (χ4n) is 2.29. The van der Waals surface area contributed by atoms with E-state index < -0.39 is 23.1 Å². The van der Waals surface area contributed by atoms with Crippen molar-refractivity contribution < 1.29 is 27.9 Å². The van der Waals surface area contributed by atoms with Crippen LogP contribution in [0.1, 0.15) is 37.3 Å². The Morgan fingerprint density at radius 1 is 1.22 bits per heavy atom. The fourth-order valence-corrected chi connectivity index (χ4v) is 2.29. The van der Waals surface area contributed by atoms with Crippen molar-refractivity contribution in [2.24, 2.45) is 11.3 Å². The third-order valence-electron chi connectivity index (χ3n) is 4.08. The summed E-state index contributed by atoms with van der Waals surface area (Å²) in [5, 5.41) is 11.6. The zero-order valence-corrected chi connectivity index (χ0v) is 12.8. The molecule has 1 fully saturated rings. The summed E-state index contributed by atoms with van der Waals surface area (Å²) in [5.74, 6) is -1.68. The van der Waals surface area contributed by atoms with Crippen LogP contribution in [0.25, 0.3) is 0 Å². The third kappa shape index (κ3) is 4.03. The van der Waals surface area contributed by atoms with Crippen molar-refractivity contribution in [1.29, 1.82) is 0 Å². The van der Waals surface area contributed by atoms with Crippen LogP contribution in [0.2, 0.25) is 0 Å². The van der Waals surface area contributed by atoms with Crippen LogP contribution in [-0.2, 0) is 15.8 Å². The van der Waals surface area contributed by atoms with Crippen LogP contribution in [0.3, 0.4) is 0 Å². The van der Waals surface area contributed by atoms with Gasteiger partial charge in [0.25, 0.3) is 0 Å². The molecule has 2 N–H and O–H groups in total. The number of rotatable bonds is 5. The second-order valence-corrected chi connectivity index (χ2v) is 6.48. The van der Waals surface area contributed by atoms with E-state index in [-0.39, 0.29) is 24.3 Å². The fraction of sp³-hybridized carbons (Fsp3) is 0.500. The van der Waals surface area contributed by atoms with Gasteiger partial charge in [-0.15, -0.1) is 0 Å². The number of hydrogen-bond acceptors (Lipinski definition) is 2. The molecule has 0 aliphatic heterocycles. The number of amides is 1. The SMILES string of the molecule is CC(C)(CNC(=O)C1CC1c1ccc(C(F)(F)F)cc1)C(=O)O. The van der Waals surface area contributed by atoms with E-state index in [4.69, 9.17) is 5.11 Å². The highest BCUT2D eigenvalue weighted by Crippen LogP contribution is 2.48. The van der Waals surface area contributed by atoms with Crippen LogP contribution in [0.15, 0.2) is 24.3 Å². The van der Waals surface area contributed by atoms with E-state index in [1.807, 2.05) is 0 Å². The topological polar surface area (TPSA) is 66.4 Å². The average Bonchev–Trinajstić information content (AvgIpc) is 3.24. The third-order valence-corrected chi connectivity index (χ3v) is 4.08. The minimum Gasteiger partial charge on any atom is -0.481 e. The highest BCUT2D eigenvalue weighted by molar-refractivity contribution is 5.83. The molecule has 2 atom stereocenters. The number of alkyl halides is 3. The molecule has 0 radical (unpaired) electrons. The first kappa shape index (κ1) is 17.3. The molecule has 4 nitrogen and oxygen atoms in total. The van der Waals surface area contributed by atoms with Gasteiger partial charge in [-0.05, 0) is 43.9 Å². The second-order valence-electron chi connectivity index (χ2n) is 6.48. The normalized spacial score (nSPS) is 20.9. The standard InChI is InChI=1S/C16H18F3NO3/c1-15(2,14(22)23)8-20-13(21)12-7-11(12)9-3-5-10(6-4-9)16(17,18)19/h3-6,11-12H,7-8H2,1-2H3,(H,20,21)(H,22,23). The van der Waals surface area contributed by atoms with E-state index in [1.165, 1.54) is 26.0 Å². The molecule has 1 aromatic carbocycles. The smallest absolute Gasteiger partial charge is 0.416 e. The Labute approximate surface area is 131 Å². The van der Waals surface area contributed by atoms with Crippen LogP contribution in [0, 0.1) is 11.3 Å². The van der Waals surface area contributed by atoms with Crippen molar-refractivity contribution in [1.82, 2.24) is 5.32 Å². The van der Waals surface area contributed by atoms with Crippen molar-refractivity contribution in [3.63, 3.8) is 0 Å². The molecular formula is C16H18F3NO3. The zero-order chi connectivity index (χ0) is 17.4. The van der Waals surface area contributed by atoms with Gasteiger partial charge in [-0.25, -0.2) is 0 Å². The number of carbonyl (C=O) groups excluding carboxylic acids is 1. The molecule has 1 saturated carbocycles. The van der Waals surface area contributed by atoms with Gasteiger partial charge < -0.3 is 10.4 Å². The lowest BCUT2D eigenvalue weighted by molar-refractivity contribution is -0.146. The summed E-state index contributed by atoms with van der Waals surface area (Å²) < 4.78 is 37.5. The van der Waals surface area contributed by atoms with Gasteiger partial charge in [0.15, 0.2) is 0 Å². The van der Waals surface area contributed by atoms with Crippen molar-refractivity contribution in [2.45, 2.75) is 32.4 Å². The van der Waals surface area contributed by atoms with E-state index in [1.54, 1.807) is 0 Å². The van der Waals surface area contributed by atoms with Crippen molar-refractivity contribution >= 4 is 11.9 Å². The summed E-state index contributed by atoms with van der Waals surface area (Å²) in [7, 11) is 0. The van der Waals surface area contributed by atoms with Gasteiger partial charge in [-0.1, -0.05) is 12.1 Å². The molecular weight excluding hydrogens is 311 g/mol. The lowest BCUT2D eigenvalue weighted by Crippen LogP contribution is -2.39. The molecule has 1 aromatic rings. The minimum atomic E-state index is -4.37. The maximum Gasteiger partial charge on any atom is 0.416 e. The molecule has 1 aliphatic carbocycles. The lowest BCUT2D eigenvalue weighted by Gasteiger charge is -2.19. The minimum absolute atomic E-state index is 0.0113. The Bertz CT molecular complexity index is 608.